The summed E-state index contributed by atoms with van der Waals surface area (Å²) < 4.78 is 12.6. The fourth-order valence-electron chi connectivity index (χ4n) is 1.39. The zero-order valence-electron chi connectivity index (χ0n) is 7.96. The van der Waals surface area contributed by atoms with Crippen LogP contribution in [0.5, 0.6) is 0 Å². The van der Waals surface area contributed by atoms with Gasteiger partial charge in [-0.25, -0.2) is 4.39 Å². The van der Waals surface area contributed by atoms with Crippen LogP contribution in [0.15, 0.2) is 36.9 Å². The van der Waals surface area contributed by atoms with E-state index in [0.29, 0.717) is 5.92 Å². The summed E-state index contributed by atoms with van der Waals surface area (Å²) in [6, 6.07) is 6.70. The van der Waals surface area contributed by atoms with Gasteiger partial charge in [0.25, 0.3) is 0 Å². The second kappa shape index (κ2) is 4.80. The molecule has 0 nitrogen and oxygen atoms in total. The lowest BCUT2D eigenvalue weighted by molar-refractivity contribution is 0.587. The summed E-state index contributed by atoms with van der Waals surface area (Å²) in [7, 11) is 0. The van der Waals surface area contributed by atoms with Crippen molar-refractivity contribution in [1.29, 1.82) is 0 Å². The molecular weight excluding hydrogens is 163 g/mol. The second-order valence-corrected chi connectivity index (χ2v) is 3.46. The Kier molecular flexibility index (Phi) is 3.69. The Hall–Kier alpha value is -1.11. The molecule has 0 saturated heterocycles. The third kappa shape index (κ3) is 3.41. The van der Waals surface area contributed by atoms with E-state index >= 15 is 0 Å². The molecule has 0 N–H and O–H groups in total. The van der Waals surface area contributed by atoms with Crippen molar-refractivity contribution in [2.75, 3.05) is 0 Å². The van der Waals surface area contributed by atoms with Gasteiger partial charge >= 0.3 is 0 Å². The largest absolute Gasteiger partial charge is 0.207 e. The van der Waals surface area contributed by atoms with Gasteiger partial charge in [-0.3, -0.25) is 0 Å². The molecule has 0 heterocycles. The first-order valence-electron chi connectivity index (χ1n) is 4.57. The Morgan fingerprint density at radius 2 is 2.00 bits per heavy atom. The molecule has 70 valence electrons. The van der Waals surface area contributed by atoms with E-state index in [1.54, 1.807) is 0 Å². The molecule has 13 heavy (non-hydrogen) atoms. The van der Waals surface area contributed by atoms with E-state index in [1.165, 1.54) is 17.7 Å². The van der Waals surface area contributed by atoms with Gasteiger partial charge in [0.1, 0.15) is 5.82 Å². The van der Waals surface area contributed by atoms with Crippen LogP contribution in [0.1, 0.15) is 18.9 Å². The van der Waals surface area contributed by atoms with Crippen LogP contribution in [0.3, 0.4) is 0 Å². The predicted octanol–water partition coefficient (Wildman–Crippen LogP) is 3.58. The molecule has 1 atom stereocenters. The number of benzene rings is 1. The molecule has 0 fully saturated rings. The lowest BCUT2D eigenvalue weighted by Gasteiger charge is -2.07. The van der Waals surface area contributed by atoms with Gasteiger partial charge < -0.3 is 0 Å². The predicted molar refractivity (Wildman–Crippen MR) is 54.1 cm³/mol. The van der Waals surface area contributed by atoms with Crippen molar-refractivity contribution in [3.05, 3.63) is 48.3 Å². The van der Waals surface area contributed by atoms with E-state index < -0.39 is 0 Å². The van der Waals surface area contributed by atoms with Gasteiger partial charge in [-0.1, -0.05) is 25.1 Å². The lowest BCUT2D eigenvalue weighted by Crippen LogP contribution is -1.97. The minimum absolute atomic E-state index is 0.167. The lowest BCUT2D eigenvalue weighted by atomic mass is 9.98. The Morgan fingerprint density at radius 3 is 2.54 bits per heavy atom. The smallest absolute Gasteiger partial charge is 0.123 e. The topological polar surface area (TPSA) is 0 Å². The van der Waals surface area contributed by atoms with Gasteiger partial charge in [0, 0.05) is 0 Å². The molecule has 1 heteroatoms. The summed E-state index contributed by atoms with van der Waals surface area (Å²) in [5.41, 5.74) is 1.19. The fourth-order valence-corrected chi connectivity index (χ4v) is 1.39. The van der Waals surface area contributed by atoms with E-state index in [9.17, 15) is 4.39 Å². The number of halogens is 1. The first-order chi connectivity index (χ1) is 6.22. The van der Waals surface area contributed by atoms with Gasteiger partial charge in [0.05, 0.1) is 0 Å². The van der Waals surface area contributed by atoms with Crippen molar-refractivity contribution in [3.8, 4) is 0 Å². The second-order valence-electron chi connectivity index (χ2n) is 3.46. The van der Waals surface area contributed by atoms with Crippen LogP contribution in [-0.4, -0.2) is 0 Å². The minimum atomic E-state index is -0.167. The first kappa shape index (κ1) is 9.97. The average molecular weight is 178 g/mol. The van der Waals surface area contributed by atoms with Gasteiger partial charge in [0.2, 0.25) is 0 Å². The summed E-state index contributed by atoms with van der Waals surface area (Å²) in [6.45, 7) is 5.87. The van der Waals surface area contributed by atoms with Gasteiger partial charge in [-0.2, -0.15) is 0 Å². The van der Waals surface area contributed by atoms with Crippen molar-refractivity contribution in [2.45, 2.75) is 19.8 Å². The van der Waals surface area contributed by atoms with Gasteiger partial charge in [-0.15, -0.1) is 6.58 Å². The Morgan fingerprint density at radius 1 is 1.38 bits per heavy atom. The van der Waals surface area contributed by atoms with Crippen molar-refractivity contribution >= 4 is 0 Å². The van der Waals surface area contributed by atoms with Gasteiger partial charge in [-0.05, 0) is 36.5 Å². The molecule has 0 aliphatic carbocycles. The fraction of sp³-hybridized carbons (Fsp3) is 0.333. The summed E-state index contributed by atoms with van der Waals surface area (Å²) in [4.78, 5) is 0. The minimum Gasteiger partial charge on any atom is -0.207 e. The third-order valence-corrected chi connectivity index (χ3v) is 2.07. The molecule has 0 amide bonds. The maximum atomic E-state index is 12.6. The SMILES string of the molecule is C=CCC(C)Cc1ccc(F)cc1. The molecule has 0 saturated carbocycles. The van der Waals surface area contributed by atoms with Crippen LogP contribution in [0.25, 0.3) is 0 Å². The Labute approximate surface area is 79.1 Å². The standard InChI is InChI=1S/C12H15F/c1-3-4-10(2)9-11-5-7-12(13)8-6-11/h3,5-8,10H,1,4,9H2,2H3. The van der Waals surface area contributed by atoms with Crippen molar-refractivity contribution in [1.82, 2.24) is 0 Å². The van der Waals surface area contributed by atoms with Crippen LogP contribution in [0.2, 0.25) is 0 Å². The van der Waals surface area contributed by atoms with E-state index in [4.69, 9.17) is 0 Å². The third-order valence-electron chi connectivity index (χ3n) is 2.07. The van der Waals surface area contributed by atoms with Crippen molar-refractivity contribution in [2.24, 2.45) is 5.92 Å². The summed E-state index contributed by atoms with van der Waals surface area (Å²) >= 11 is 0. The van der Waals surface area contributed by atoms with E-state index in [0.717, 1.165) is 12.8 Å². The van der Waals surface area contributed by atoms with Crippen LogP contribution in [0.4, 0.5) is 4.39 Å². The van der Waals surface area contributed by atoms with E-state index in [-0.39, 0.29) is 5.82 Å². The summed E-state index contributed by atoms with van der Waals surface area (Å²) in [5, 5.41) is 0. The highest BCUT2D eigenvalue weighted by Gasteiger charge is 2.01. The molecule has 0 bridgehead atoms. The maximum Gasteiger partial charge on any atom is 0.123 e. The molecule has 0 aliphatic rings. The van der Waals surface area contributed by atoms with E-state index in [2.05, 4.69) is 13.5 Å². The highest BCUT2D eigenvalue weighted by Crippen LogP contribution is 2.12. The first-order valence-corrected chi connectivity index (χ1v) is 4.57. The molecular formula is C12H15F. The van der Waals surface area contributed by atoms with Gasteiger partial charge in [0.15, 0.2) is 0 Å². The highest BCUT2D eigenvalue weighted by molar-refractivity contribution is 5.16. The summed E-state index contributed by atoms with van der Waals surface area (Å²) in [5.74, 6) is 0.420. The van der Waals surface area contributed by atoms with Crippen LogP contribution in [0, 0.1) is 11.7 Å². The van der Waals surface area contributed by atoms with Crippen molar-refractivity contribution in [3.63, 3.8) is 0 Å². The maximum absolute atomic E-state index is 12.6. The number of rotatable bonds is 4. The Balaban J connectivity index is 2.53. The van der Waals surface area contributed by atoms with Crippen LogP contribution < -0.4 is 0 Å². The average Bonchev–Trinajstić information content (AvgIpc) is 2.09. The van der Waals surface area contributed by atoms with Crippen LogP contribution >= 0.6 is 0 Å². The summed E-state index contributed by atoms with van der Waals surface area (Å²) in [6.07, 6.45) is 3.93. The normalized spacial score (nSPS) is 12.5. The number of hydrogen-bond donors (Lipinski definition) is 0. The molecule has 1 unspecified atom stereocenters. The van der Waals surface area contributed by atoms with Crippen LogP contribution in [-0.2, 0) is 6.42 Å². The molecule has 0 aliphatic heterocycles. The molecule has 1 aromatic carbocycles. The molecule has 0 aromatic heterocycles. The van der Waals surface area contributed by atoms with Crippen molar-refractivity contribution < 1.29 is 4.39 Å². The monoisotopic (exact) mass is 178 g/mol. The quantitative estimate of drug-likeness (QED) is 0.618. The molecule has 0 spiro atoms. The zero-order chi connectivity index (χ0) is 9.68. The molecule has 0 radical (unpaired) electrons. The highest BCUT2D eigenvalue weighted by atomic mass is 19.1. The Bertz CT molecular complexity index is 261. The zero-order valence-corrected chi connectivity index (χ0v) is 7.96. The number of hydrogen-bond acceptors (Lipinski definition) is 0. The number of allylic oxidation sites excluding steroid dienone is 1. The van der Waals surface area contributed by atoms with E-state index in [1.807, 2.05) is 18.2 Å². The molecule has 1 rings (SSSR count). The molecule has 1 aromatic rings.